The van der Waals surface area contributed by atoms with E-state index in [1.165, 1.54) is 10.6 Å². The molecule has 1 N–H and O–H groups in total. The van der Waals surface area contributed by atoms with Crippen molar-refractivity contribution in [1.29, 1.82) is 0 Å². The molecule has 188 valence electrons. The van der Waals surface area contributed by atoms with Crippen LogP contribution in [-0.2, 0) is 24.0 Å². The van der Waals surface area contributed by atoms with Crippen LogP contribution in [0.5, 0.6) is 0 Å². The van der Waals surface area contributed by atoms with Crippen molar-refractivity contribution in [1.82, 2.24) is 14.9 Å². The molecule has 2 aromatic carbocycles. The van der Waals surface area contributed by atoms with E-state index in [1.54, 1.807) is 23.9 Å². The number of halogens is 3. The SMILES string of the molecule is CCSc1ccc(CNC(=O)c2ccc3c(c2)nc(C(F)(F)F)n3CC2=C3CCOC3=CCC2)cc1. The summed E-state index contributed by atoms with van der Waals surface area (Å²) in [4.78, 5) is 17.8. The summed E-state index contributed by atoms with van der Waals surface area (Å²) in [6, 6.07) is 12.5. The molecule has 0 atom stereocenters. The second kappa shape index (κ2) is 10.0. The molecule has 1 amide bonds. The number of alkyl halides is 3. The van der Waals surface area contributed by atoms with Gasteiger partial charge in [-0.15, -0.1) is 11.8 Å². The normalized spacial score (nSPS) is 15.6. The minimum absolute atomic E-state index is 0.0965. The van der Waals surface area contributed by atoms with E-state index in [4.69, 9.17) is 4.74 Å². The molecule has 1 fully saturated rings. The van der Waals surface area contributed by atoms with E-state index in [2.05, 4.69) is 17.2 Å². The molecule has 1 aliphatic carbocycles. The number of rotatable bonds is 7. The van der Waals surface area contributed by atoms with Crippen molar-refractivity contribution in [2.75, 3.05) is 12.4 Å². The Morgan fingerprint density at radius 1 is 1.17 bits per heavy atom. The maximum atomic E-state index is 13.9. The Kier molecular flexibility index (Phi) is 6.83. The van der Waals surface area contributed by atoms with E-state index < -0.39 is 12.0 Å². The maximum Gasteiger partial charge on any atom is 0.449 e. The van der Waals surface area contributed by atoms with Crippen LogP contribution in [0.2, 0.25) is 0 Å². The van der Waals surface area contributed by atoms with E-state index in [0.29, 0.717) is 31.5 Å². The van der Waals surface area contributed by atoms with Crippen LogP contribution in [0.4, 0.5) is 13.2 Å². The van der Waals surface area contributed by atoms with Gasteiger partial charge in [-0.25, -0.2) is 4.98 Å². The molecule has 0 unspecified atom stereocenters. The average Bonchev–Trinajstić information content (AvgIpc) is 3.49. The number of thioether (sulfide) groups is 1. The minimum Gasteiger partial charge on any atom is -0.493 e. The lowest BCUT2D eigenvalue weighted by Crippen LogP contribution is -2.22. The van der Waals surface area contributed by atoms with Crippen LogP contribution < -0.4 is 5.32 Å². The quantitative estimate of drug-likeness (QED) is 0.367. The number of ether oxygens (including phenoxy) is 1. The lowest BCUT2D eigenvalue weighted by molar-refractivity contribution is -0.146. The zero-order chi connectivity index (χ0) is 25.3. The number of amides is 1. The number of nitrogens with one attached hydrogen (secondary N) is 1. The third kappa shape index (κ3) is 5.02. The number of carbonyl (C=O) groups is 1. The van der Waals surface area contributed by atoms with Crippen molar-refractivity contribution in [3.05, 3.63) is 82.4 Å². The molecular formula is C27H26F3N3O2S. The van der Waals surface area contributed by atoms with Crippen LogP contribution in [0, 0.1) is 0 Å². The van der Waals surface area contributed by atoms with Gasteiger partial charge in [-0.05, 0) is 71.7 Å². The monoisotopic (exact) mass is 513 g/mol. The number of nitrogens with zero attached hydrogens (tertiary/aromatic N) is 2. The third-order valence-electron chi connectivity index (χ3n) is 6.41. The number of imidazole rings is 1. The largest absolute Gasteiger partial charge is 0.493 e. The van der Waals surface area contributed by atoms with Gasteiger partial charge in [0.2, 0.25) is 5.82 Å². The van der Waals surface area contributed by atoms with E-state index >= 15 is 0 Å². The number of benzene rings is 2. The number of hydrogen-bond acceptors (Lipinski definition) is 4. The Morgan fingerprint density at radius 3 is 2.72 bits per heavy atom. The first-order valence-electron chi connectivity index (χ1n) is 11.9. The number of fused-ring (bicyclic) bond motifs is 2. The van der Waals surface area contributed by atoms with Crippen LogP contribution >= 0.6 is 11.8 Å². The fraction of sp³-hybridized carbons (Fsp3) is 0.333. The molecule has 0 radical (unpaired) electrons. The zero-order valence-electron chi connectivity index (χ0n) is 19.8. The zero-order valence-corrected chi connectivity index (χ0v) is 20.6. The Hall–Kier alpha value is -3.20. The lowest BCUT2D eigenvalue weighted by Gasteiger charge is -2.18. The second-order valence-corrected chi connectivity index (χ2v) is 10.1. The fourth-order valence-corrected chi connectivity index (χ4v) is 5.36. The lowest BCUT2D eigenvalue weighted by atomic mass is 9.95. The highest BCUT2D eigenvalue weighted by molar-refractivity contribution is 7.99. The molecule has 5 rings (SSSR count). The van der Waals surface area contributed by atoms with Crippen molar-refractivity contribution in [2.24, 2.45) is 0 Å². The molecule has 1 saturated heterocycles. The predicted molar refractivity (Wildman–Crippen MR) is 134 cm³/mol. The second-order valence-electron chi connectivity index (χ2n) is 8.77. The van der Waals surface area contributed by atoms with Gasteiger partial charge in [-0.1, -0.05) is 19.1 Å². The summed E-state index contributed by atoms with van der Waals surface area (Å²) < 4.78 is 48.6. The first kappa shape index (κ1) is 24.5. The van der Waals surface area contributed by atoms with Crippen molar-refractivity contribution in [2.45, 2.75) is 50.3 Å². The summed E-state index contributed by atoms with van der Waals surface area (Å²) in [5.41, 5.74) is 3.67. The van der Waals surface area contributed by atoms with Gasteiger partial charge in [0, 0.05) is 30.0 Å². The first-order valence-corrected chi connectivity index (χ1v) is 12.9. The van der Waals surface area contributed by atoms with Gasteiger partial charge in [0.25, 0.3) is 5.91 Å². The fourth-order valence-electron chi connectivity index (χ4n) is 4.70. The Labute approximate surface area is 211 Å². The van der Waals surface area contributed by atoms with Crippen LogP contribution in [0.1, 0.15) is 47.9 Å². The summed E-state index contributed by atoms with van der Waals surface area (Å²) in [7, 11) is 0. The first-order chi connectivity index (χ1) is 17.3. The smallest absolute Gasteiger partial charge is 0.449 e. The van der Waals surface area contributed by atoms with E-state index in [1.807, 2.05) is 30.3 Å². The predicted octanol–water partition coefficient (Wildman–Crippen LogP) is 6.49. The van der Waals surface area contributed by atoms with Gasteiger partial charge in [0.1, 0.15) is 5.76 Å². The third-order valence-corrected chi connectivity index (χ3v) is 7.30. The molecule has 5 nitrogen and oxygen atoms in total. The van der Waals surface area contributed by atoms with Crippen molar-refractivity contribution < 1.29 is 22.7 Å². The standard InChI is InChI=1S/C27H26F3N3O2S/c1-2-36-20-9-6-17(7-10-20)15-31-25(34)18-8-11-23-22(14-18)32-26(27(28,29)30)33(23)16-19-4-3-5-24-21(19)12-13-35-24/h5-11,14H,2-4,12-13,15-16H2,1H3,(H,31,34). The Bertz CT molecular complexity index is 1360. The molecule has 2 aliphatic rings. The molecular weight excluding hydrogens is 487 g/mol. The molecule has 0 bridgehead atoms. The summed E-state index contributed by atoms with van der Waals surface area (Å²) in [5, 5.41) is 2.84. The summed E-state index contributed by atoms with van der Waals surface area (Å²) in [6.07, 6.45) is -0.468. The van der Waals surface area contributed by atoms with Crippen molar-refractivity contribution in [3.8, 4) is 0 Å². The molecule has 1 aromatic heterocycles. The minimum atomic E-state index is -4.62. The topological polar surface area (TPSA) is 56.2 Å². The number of allylic oxidation sites excluding steroid dienone is 3. The molecule has 2 heterocycles. The van der Waals surface area contributed by atoms with Gasteiger partial charge in [0.15, 0.2) is 0 Å². The number of hydrogen-bond donors (Lipinski definition) is 1. The highest BCUT2D eigenvalue weighted by atomic mass is 32.2. The van der Waals surface area contributed by atoms with Crippen molar-refractivity contribution >= 4 is 28.7 Å². The van der Waals surface area contributed by atoms with Gasteiger partial charge in [-0.2, -0.15) is 13.2 Å². The summed E-state index contributed by atoms with van der Waals surface area (Å²) in [5.74, 6) is 0.465. The van der Waals surface area contributed by atoms with Crippen LogP contribution in [0.15, 0.2) is 70.3 Å². The molecule has 3 aromatic rings. The van der Waals surface area contributed by atoms with Gasteiger partial charge in [-0.3, -0.25) is 4.79 Å². The summed E-state index contributed by atoms with van der Waals surface area (Å²) in [6.45, 7) is 3.06. The highest BCUT2D eigenvalue weighted by Gasteiger charge is 2.38. The average molecular weight is 514 g/mol. The van der Waals surface area contributed by atoms with Crippen LogP contribution in [0.3, 0.4) is 0 Å². The molecule has 0 spiro atoms. The maximum absolute atomic E-state index is 13.9. The van der Waals surface area contributed by atoms with E-state index in [0.717, 1.165) is 39.5 Å². The number of aromatic nitrogens is 2. The Balaban J connectivity index is 1.39. The van der Waals surface area contributed by atoms with Crippen LogP contribution in [-0.4, -0.2) is 27.8 Å². The highest BCUT2D eigenvalue weighted by Crippen LogP contribution is 2.37. The molecule has 36 heavy (non-hydrogen) atoms. The molecule has 9 heteroatoms. The van der Waals surface area contributed by atoms with E-state index in [-0.39, 0.29) is 23.5 Å². The van der Waals surface area contributed by atoms with Gasteiger partial charge in [0.05, 0.1) is 17.6 Å². The summed E-state index contributed by atoms with van der Waals surface area (Å²) >= 11 is 1.74. The molecule has 1 aliphatic heterocycles. The molecule has 0 saturated carbocycles. The van der Waals surface area contributed by atoms with Gasteiger partial charge < -0.3 is 14.6 Å². The number of carbonyl (C=O) groups excluding carboxylic acids is 1. The van der Waals surface area contributed by atoms with Crippen LogP contribution in [0.25, 0.3) is 11.0 Å². The Morgan fingerprint density at radius 2 is 1.97 bits per heavy atom. The van der Waals surface area contributed by atoms with Gasteiger partial charge >= 0.3 is 6.18 Å². The van der Waals surface area contributed by atoms with Crippen molar-refractivity contribution in [3.63, 3.8) is 0 Å². The van der Waals surface area contributed by atoms with E-state index in [9.17, 15) is 18.0 Å².